The third-order valence-electron chi connectivity index (χ3n) is 4.93. The van der Waals surface area contributed by atoms with Gasteiger partial charge in [-0.15, -0.1) is 0 Å². The summed E-state index contributed by atoms with van der Waals surface area (Å²) >= 11 is 0. The third kappa shape index (κ3) is 4.39. The Morgan fingerprint density at radius 2 is 1.89 bits per heavy atom. The number of rotatable bonds is 5. The molecule has 140 valence electrons. The summed E-state index contributed by atoms with van der Waals surface area (Å²) in [5.74, 6) is 0.810. The zero-order chi connectivity index (χ0) is 19.2. The van der Waals surface area contributed by atoms with Crippen LogP contribution >= 0.6 is 0 Å². The lowest BCUT2D eigenvalue weighted by Crippen LogP contribution is -2.52. The molecule has 1 amide bonds. The van der Waals surface area contributed by atoms with Crippen molar-refractivity contribution in [2.45, 2.75) is 13.0 Å². The van der Waals surface area contributed by atoms with Gasteiger partial charge in [0.05, 0.1) is 30.5 Å². The molecule has 1 saturated heterocycles. The van der Waals surface area contributed by atoms with Crippen LogP contribution in [0.25, 0.3) is 0 Å². The van der Waals surface area contributed by atoms with Crippen LogP contribution in [0.2, 0.25) is 0 Å². The van der Waals surface area contributed by atoms with E-state index in [0.717, 1.165) is 37.6 Å². The maximum absolute atomic E-state index is 12.6. The number of hydrogen-bond acceptors (Lipinski definition) is 5. The highest BCUT2D eigenvalue weighted by Gasteiger charge is 2.26. The standard InChI is InChI=1S/C21H24N4O2/c1-16(21(26)23-18-7-5-6-17(14-18)15-22)24-10-12-25(13-11-24)19-8-3-4-9-20(19)27-2/h3-9,14,16H,10-13H2,1-2H3,(H,23,26)/t16-/m1/s1. The minimum Gasteiger partial charge on any atom is -0.495 e. The maximum atomic E-state index is 12.6. The first-order valence-electron chi connectivity index (χ1n) is 9.05. The highest BCUT2D eigenvalue weighted by Crippen LogP contribution is 2.28. The number of anilines is 2. The van der Waals surface area contributed by atoms with Crippen LogP contribution in [0.3, 0.4) is 0 Å². The number of nitrogens with zero attached hydrogens (tertiary/aromatic N) is 3. The Kier molecular flexibility index (Phi) is 5.94. The first-order chi connectivity index (χ1) is 13.1. The van der Waals surface area contributed by atoms with E-state index in [4.69, 9.17) is 10.00 Å². The molecular weight excluding hydrogens is 340 g/mol. The maximum Gasteiger partial charge on any atom is 0.241 e. The number of para-hydroxylation sites is 2. The number of nitriles is 1. The summed E-state index contributed by atoms with van der Waals surface area (Å²) in [7, 11) is 1.68. The molecule has 1 N–H and O–H groups in total. The van der Waals surface area contributed by atoms with Crippen molar-refractivity contribution in [1.29, 1.82) is 5.26 Å². The second kappa shape index (κ2) is 8.56. The van der Waals surface area contributed by atoms with Crippen molar-refractivity contribution in [3.63, 3.8) is 0 Å². The van der Waals surface area contributed by atoms with Crippen molar-refractivity contribution in [2.75, 3.05) is 43.5 Å². The van der Waals surface area contributed by atoms with Gasteiger partial charge in [0.25, 0.3) is 0 Å². The van der Waals surface area contributed by atoms with Gasteiger partial charge in [-0.1, -0.05) is 18.2 Å². The molecule has 1 aliphatic rings. The van der Waals surface area contributed by atoms with Crippen LogP contribution < -0.4 is 15.0 Å². The molecular formula is C21H24N4O2. The van der Waals surface area contributed by atoms with E-state index in [0.29, 0.717) is 11.3 Å². The van der Waals surface area contributed by atoms with Gasteiger partial charge in [-0.25, -0.2) is 0 Å². The lowest BCUT2D eigenvalue weighted by Gasteiger charge is -2.38. The molecule has 0 aliphatic carbocycles. The Bertz CT molecular complexity index is 838. The van der Waals surface area contributed by atoms with E-state index in [9.17, 15) is 4.79 Å². The number of nitrogens with one attached hydrogen (secondary N) is 1. The van der Waals surface area contributed by atoms with Crippen molar-refractivity contribution in [2.24, 2.45) is 0 Å². The Hall–Kier alpha value is -3.04. The molecule has 2 aromatic carbocycles. The quantitative estimate of drug-likeness (QED) is 0.883. The number of benzene rings is 2. The lowest BCUT2D eigenvalue weighted by atomic mass is 10.1. The molecule has 6 heteroatoms. The molecule has 0 aromatic heterocycles. The first kappa shape index (κ1) is 18.7. The molecule has 27 heavy (non-hydrogen) atoms. The van der Waals surface area contributed by atoms with Crippen molar-refractivity contribution in [1.82, 2.24) is 4.90 Å². The number of amides is 1. The fraction of sp³-hybridized carbons (Fsp3) is 0.333. The number of ether oxygens (including phenoxy) is 1. The summed E-state index contributed by atoms with van der Waals surface area (Å²) in [6, 6.07) is 16.8. The average molecular weight is 364 g/mol. The summed E-state index contributed by atoms with van der Waals surface area (Å²) in [6.45, 7) is 5.18. The van der Waals surface area contributed by atoms with Crippen LogP contribution in [-0.2, 0) is 4.79 Å². The van der Waals surface area contributed by atoms with Gasteiger partial charge in [-0.3, -0.25) is 9.69 Å². The monoisotopic (exact) mass is 364 g/mol. The minimum atomic E-state index is -0.240. The normalized spacial score (nSPS) is 15.7. The Balaban J connectivity index is 1.58. The van der Waals surface area contributed by atoms with Gasteiger partial charge in [-0.2, -0.15) is 5.26 Å². The molecule has 0 radical (unpaired) electrons. The molecule has 2 aromatic rings. The summed E-state index contributed by atoms with van der Waals surface area (Å²) < 4.78 is 5.45. The summed E-state index contributed by atoms with van der Waals surface area (Å²) in [4.78, 5) is 17.1. The van der Waals surface area contributed by atoms with Gasteiger partial charge in [0, 0.05) is 31.9 Å². The van der Waals surface area contributed by atoms with Gasteiger partial charge >= 0.3 is 0 Å². The summed E-state index contributed by atoms with van der Waals surface area (Å²) in [6.07, 6.45) is 0. The van der Waals surface area contributed by atoms with Crippen LogP contribution in [-0.4, -0.2) is 50.1 Å². The number of carbonyl (C=O) groups is 1. The smallest absolute Gasteiger partial charge is 0.241 e. The number of piperazine rings is 1. The SMILES string of the molecule is COc1ccccc1N1CCN([C@H](C)C(=O)Nc2cccc(C#N)c2)CC1. The molecule has 1 heterocycles. The molecule has 1 atom stereocenters. The van der Waals surface area contributed by atoms with Gasteiger partial charge < -0.3 is 15.0 Å². The lowest BCUT2D eigenvalue weighted by molar-refractivity contribution is -0.120. The first-order valence-corrected chi connectivity index (χ1v) is 9.05. The zero-order valence-electron chi connectivity index (χ0n) is 15.7. The third-order valence-corrected chi connectivity index (χ3v) is 4.93. The topological polar surface area (TPSA) is 68.6 Å². The van der Waals surface area contributed by atoms with E-state index in [1.54, 1.807) is 31.4 Å². The summed E-state index contributed by atoms with van der Waals surface area (Å²) in [5, 5.41) is 11.9. The number of hydrogen-bond donors (Lipinski definition) is 1. The van der Waals surface area contributed by atoms with Crippen LogP contribution in [0.1, 0.15) is 12.5 Å². The Morgan fingerprint density at radius 1 is 1.15 bits per heavy atom. The molecule has 1 fully saturated rings. The van der Waals surface area contributed by atoms with Crippen molar-refractivity contribution < 1.29 is 9.53 Å². The van der Waals surface area contributed by atoms with E-state index >= 15 is 0 Å². The fourth-order valence-corrected chi connectivity index (χ4v) is 3.32. The molecule has 0 spiro atoms. The summed E-state index contributed by atoms with van der Waals surface area (Å²) in [5.41, 5.74) is 2.27. The van der Waals surface area contributed by atoms with E-state index in [1.165, 1.54) is 0 Å². The van der Waals surface area contributed by atoms with Gasteiger partial charge in [0.15, 0.2) is 0 Å². The predicted molar refractivity (Wildman–Crippen MR) is 106 cm³/mol. The van der Waals surface area contributed by atoms with E-state index in [2.05, 4.69) is 27.3 Å². The number of methoxy groups -OCH3 is 1. The zero-order valence-corrected chi connectivity index (χ0v) is 15.7. The molecule has 3 rings (SSSR count). The van der Waals surface area contributed by atoms with Crippen molar-refractivity contribution in [3.8, 4) is 11.8 Å². The van der Waals surface area contributed by atoms with Gasteiger partial charge in [0.2, 0.25) is 5.91 Å². The Labute approximate surface area is 160 Å². The molecule has 1 aliphatic heterocycles. The molecule has 0 unspecified atom stereocenters. The second-order valence-electron chi connectivity index (χ2n) is 6.55. The molecule has 6 nitrogen and oxygen atoms in total. The van der Waals surface area contributed by atoms with Crippen LogP contribution in [0.4, 0.5) is 11.4 Å². The van der Waals surface area contributed by atoms with E-state index in [-0.39, 0.29) is 11.9 Å². The fourth-order valence-electron chi connectivity index (χ4n) is 3.32. The number of carbonyl (C=O) groups excluding carboxylic acids is 1. The molecule has 0 saturated carbocycles. The van der Waals surface area contributed by atoms with E-state index in [1.807, 2.05) is 25.1 Å². The van der Waals surface area contributed by atoms with Crippen molar-refractivity contribution >= 4 is 17.3 Å². The van der Waals surface area contributed by atoms with Crippen molar-refractivity contribution in [3.05, 3.63) is 54.1 Å². The van der Waals surface area contributed by atoms with E-state index < -0.39 is 0 Å². The second-order valence-corrected chi connectivity index (χ2v) is 6.55. The van der Waals surface area contributed by atoms with Crippen LogP contribution in [0, 0.1) is 11.3 Å². The predicted octanol–water partition coefficient (Wildman–Crippen LogP) is 2.72. The van der Waals surface area contributed by atoms with Crippen LogP contribution in [0.5, 0.6) is 5.75 Å². The molecule has 0 bridgehead atoms. The van der Waals surface area contributed by atoms with Crippen LogP contribution in [0.15, 0.2) is 48.5 Å². The Morgan fingerprint density at radius 3 is 2.59 bits per heavy atom. The van der Waals surface area contributed by atoms with Gasteiger partial charge in [-0.05, 0) is 37.3 Å². The minimum absolute atomic E-state index is 0.0594. The van der Waals surface area contributed by atoms with Gasteiger partial charge in [0.1, 0.15) is 5.75 Å². The highest BCUT2D eigenvalue weighted by molar-refractivity contribution is 5.94. The highest BCUT2D eigenvalue weighted by atomic mass is 16.5. The largest absolute Gasteiger partial charge is 0.495 e. The average Bonchev–Trinajstić information content (AvgIpc) is 2.73.